The highest BCUT2D eigenvalue weighted by atomic mass is 19.1. The van der Waals surface area contributed by atoms with Crippen LogP contribution in [-0.4, -0.2) is 50.4 Å². The second-order valence-electron chi connectivity index (χ2n) is 8.10. The van der Waals surface area contributed by atoms with Crippen molar-refractivity contribution in [2.45, 2.75) is 12.3 Å². The summed E-state index contributed by atoms with van der Waals surface area (Å²) in [6.07, 6.45) is 5.17. The molecule has 4 heterocycles. The van der Waals surface area contributed by atoms with Gasteiger partial charge in [-0.1, -0.05) is 6.58 Å². The molecule has 178 valence electrons. The van der Waals surface area contributed by atoms with E-state index in [9.17, 15) is 4.79 Å². The summed E-state index contributed by atoms with van der Waals surface area (Å²) in [6.45, 7) is 4.66. The number of amides is 1. The van der Waals surface area contributed by atoms with E-state index in [0.717, 1.165) is 17.6 Å². The maximum Gasteiger partial charge on any atom is 0.245 e. The van der Waals surface area contributed by atoms with Gasteiger partial charge >= 0.3 is 0 Å². The number of benzene rings is 1. The first kappa shape index (κ1) is 22.3. The first-order chi connectivity index (χ1) is 17.0. The van der Waals surface area contributed by atoms with E-state index in [1.165, 1.54) is 19.3 Å². The van der Waals surface area contributed by atoms with Crippen molar-refractivity contribution in [2.75, 3.05) is 25.9 Å². The molecule has 1 atom stereocenters. The van der Waals surface area contributed by atoms with Crippen molar-refractivity contribution >= 4 is 17.4 Å². The summed E-state index contributed by atoms with van der Waals surface area (Å²) >= 11 is 0. The largest absolute Gasteiger partial charge is 0.497 e. The first-order valence-corrected chi connectivity index (χ1v) is 11.0. The number of anilines is 1. The summed E-state index contributed by atoms with van der Waals surface area (Å²) in [7, 11) is 1.54. The third-order valence-electron chi connectivity index (χ3n) is 6.02. The number of aromatic nitrogens is 4. The Hall–Kier alpha value is -4.47. The van der Waals surface area contributed by atoms with E-state index in [2.05, 4.69) is 16.5 Å². The second-order valence-corrected chi connectivity index (χ2v) is 8.10. The zero-order valence-corrected chi connectivity index (χ0v) is 19.0. The number of nitrogens with two attached hydrogens (primary N) is 1. The number of likely N-dealkylation sites (tertiary alicyclic amines) is 1. The molecule has 1 fully saturated rings. The molecule has 1 aliphatic rings. The molecule has 0 radical (unpaired) electrons. The third kappa shape index (κ3) is 4.14. The molecule has 0 saturated carbocycles. The average Bonchev–Trinajstić information content (AvgIpc) is 3.50. The fourth-order valence-electron chi connectivity index (χ4n) is 4.31. The molecule has 1 amide bonds. The van der Waals surface area contributed by atoms with E-state index < -0.39 is 5.82 Å². The average molecular weight is 474 g/mol. The van der Waals surface area contributed by atoms with Crippen molar-refractivity contribution < 1.29 is 18.7 Å². The standard InChI is InChI=1S/C25H23FN6O3/c1-3-22(33)31-11-8-15(14-31)23-20-7-10-29-25(27)32(20)24(30-23)18-5-4-17(12-19(18)26)35-21-13-16(34-2)6-9-28-21/h3-7,9-10,12-13,15H,1,8,11,14H2,2H3,(H2,27,29). The molecule has 1 saturated heterocycles. The lowest BCUT2D eigenvalue weighted by Crippen LogP contribution is -2.26. The van der Waals surface area contributed by atoms with Gasteiger partial charge in [-0.3, -0.25) is 9.20 Å². The molecule has 9 nitrogen and oxygen atoms in total. The molecule has 1 aliphatic heterocycles. The highest BCUT2D eigenvalue weighted by Gasteiger charge is 2.31. The summed E-state index contributed by atoms with van der Waals surface area (Å²) in [5.41, 5.74) is 7.90. The maximum absolute atomic E-state index is 15.3. The van der Waals surface area contributed by atoms with E-state index >= 15 is 4.39 Å². The summed E-state index contributed by atoms with van der Waals surface area (Å²) < 4.78 is 27.8. The number of methoxy groups -OCH3 is 1. The van der Waals surface area contributed by atoms with Crippen molar-refractivity contribution in [1.29, 1.82) is 0 Å². The first-order valence-electron chi connectivity index (χ1n) is 11.0. The predicted octanol–water partition coefficient (Wildman–Crippen LogP) is 3.82. The van der Waals surface area contributed by atoms with Crippen LogP contribution in [0.1, 0.15) is 18.0 Å². The number of imidazole rings is 1. The number of halogens is 1. The Morgan fingerprint density at radius 1 is 1.20 bits per heavy atom. The normalized spacial score (nSPS) is 15.4. The fourth-order valence-corrected chi connectivity index (χ4v) is 4.31. The number of carbonyl (C=O) groups is 1. The summed E-state index contributed by atoms with van der Waals surface area (Å²) in [5, 5.41) is 0. The smallest absolute Gasteiger partial charge is 0.245 e. The number of pyridine rings is 1. The molecular weight excluding hydrogens is 451 g/mol. The molecule has 3 aromatic heterocycles. The molecule has 10 heteroatoms. The highest BCUT2D eigenvalue weighted by Crippen LogP contribution is 2.35. The van der Waals surface area contributed by atoms with Gasteiger partial charge in [0.2, 0.25) is 17.7 Å². The number of fused-ring (bicyclic) bond motifs is 1. The Bertz CT molecular complexity index is 1440. The minimum atomic E-state index is -0.540. The number of rotatable bonds is 6. The van der Waals surface area contributed by atoms with Crippen LogP contribution in [0.5, 0.6) is 17.4 Å². The van der Waals surface area contributed by atoms with Gasteiger partial charge < -0.3 is 20.1 Å². The lowest BCUT2D eigenvalue weighted by Gasteiger charge is -2.13. The fraction of sp³-hybridized carbons (Fsp3) is 0.200. The Kier molecular flexibility index (Phi) is 5.77. The van der Waals surface area contributed by atoms with Crippen LogP contribution in [0.3, 0.4) is 0 Å². The minimum Gasteiger partial charge on any atom is -0.497 e. The lowest BCUT2D eigenvalue weighted by molar-refractivity contribution is -0.125. The minimum absolute atomic E-state index is 0.0192. The predicted molar refractivity (Wildman–Crippen MR) is 128 cm³/mol. The molecule has 0 spiro atoms. The van der Waals surface area contributed by atoms with Gasteiger partial charge in [0, 0.05) is 43.5 Å². The molecule has 1 unspecified atom stereocenters. The van der Waals surface area contributed by atoms with Gasteiger partial charge in [-0.25, -0.2) is 19.3 Å². The van der Waals surface area contributed by atoms with Crippen molar-refractivity contribution in [3.05, 3.63) is 73.0 Å². The van der Waals surface area contributed by atoms with Crippen LogP contribution >= 0.6 is 0 Å². The van der Waals surface area contributed by atoms with Crippen LogP contribution in [0.15, 0.2) is 61.4 Å². The molecule has 0 aliphatic carbocycles. The van der Waals surface area contributed by atoms with Crippen molar-refractivity contribution in [3.63, 3.8) is 0 Å². The molecule has 35 heavy (non-hydrogen) atoms. The molecule has 1 aromatic carbocycles. The number of nitrogen functional groups attached to an aromatic ring is 1. The number of ether oxygens (including phenoxy) is 2. The van der Waals surface area contributed by atoms with E-state index in [-0.39, 0.29) is 35.0 Å². The Labute approximate surface area is 200 Å². The van der Waals surface area contributed by atoms with Gasteiger partial charge in [0.15, 0.2) is 5.82 Å². The molecule has 2 N–H and O–H groups in total. The second kappa shape index (κ2) is 9.05. The monoisotopic (exact) mass is 474 g/mol. The van der Waals surface area contributed by atoms with Gasteiger partial charge in [0.05, 0.1) is 23.9 Å². The van der Waals surface area contributed by atoms with Crippen molar-refractivity contribution in [1.82, 2.24) is 24.3 Å². The Morgan fingerprint density at radius 2 is 2.03 bits per heavy atom. The zero-order chi connectivity index (χ0) is 24.5. The third-order valence-corrected chi connectivity index (χ3v) is 6.02. The van der Waals surface area contributed by atoms with Crippen molar-refractivity contribution in [3.8, 4) is 28.8 Å². The lowest BCUT2D eigenvalue weighted by atomic mass is 10.0. The van der Waals surface area contributed by atoms with Crippen LogP contribution in [0.25, 0.3) is 16.9 Å². The number of carbonyl (C=O) groups excluding carboxylic acids is 1. The van der Waals surface area contributed by atoms with E-state index in [1.54, 1.807) is 52.0 Å². The molecule has 0 bridgehead atoms. The maximum atomic E-state index is 15.3. The zero-order valence-electron chi connectivity index (χ0n) is 19.0. The van der Waals surface area contributed by atoms with Gasteiger partial charge in [0.25, 0.3) is 0 Å². The van der Waals surface area contributed by atoms with E-state index in [0.29, 0.717) is 24.7 Å². The quantitative estimate of drug-likeness (QED) is 0.423. The molecule has 4 aromatic rings. The topological polar surface area (TPSA) is 108 Å². The van der Waals surface area contributed by atoms with Crippen LogP contribution in [0.4, 0.5) is 10.3 Å². The van der Waals surface area contributed by atoms with Crippen LogP contribution in [-0.2, 0) is 4.79 Å². The summed E-state index contributed by atoms with van der Waals surface area (Å²) in [4.78, 5) is 26.9. The Morgan fingerprint density at radius 3 is 2.80 bits per heavy atom. The van der Waals surface area contributed by atoms with Gasteiger partial charge in [-0.05, 0) is 36.8 Å². The SMILES string of the molecule is C=CC(=O)N1CCC(c2nc(-c3ccc(Oc4cc(OC)ccn4)cc3F)n3c(N)nccc23)C1. The number of nitrogens with zero attached hydrogens (tertiary/aromatic N) is 5. The van der Waals surface area contributed by atoms with Crippen LogP contribution in [0.2, 0.25) is 0 Å². The van der Waals surface area contributed by atoms with Gasteiger partial charge in [0.1, 0.15) is 17.3 Å². The number of hydrogen-bond donors (Lipinski definition) is 1. The Balaban J connectivity index is 1.51. The molecule has 5 rings (SSSR count). The highest BCUT2D eigenvalue weighted by molar-refractivity contribution is 5.87. The van der Waals surface area contributed by atoms with Crippen LogP contribution in [0, 0.1) is 5.82 Å². The van der Waals surface area contributed by atoms with Crippen LogP contribution < -0.4 is 15.2 Å². The summed E-state index contributed by atoms with van der Waals surface area (Å²) in [6, 6.07) is 9.57. The molecular formula is C25H23FN6O3. The number of hydrogen-bond acceptors (Lipinski definition) is 7. The van der Waals surface area contributed by atoms with E-state index in [4.69, 9.17) is 20.2 Å². The van der Waals surface area contributed by atoms with E-state index in [1.807, 2.05) is 0 Å². The van der Waals surface area contributed by atoms with Gasteiger partial charge in [-0.2, -0.15) is 0 Å². The van der Waals surface area contributed by atoms with Crippen molar-refractivity contribution in [2.24, 2.45) is 0 Å². The summed E-state index contributed by atoms with van der Waals surface area (Å²) in [5.74, 6) is 0.964. The van der Waals surface area contributed by atoms with Gasteiger partial charge in [-0.15, -0.1) is 0 Å².